The molecule has 1 heterocycles. The Balaban J connectivity index is 2.05. The van der Waals surface area contributed by atoms with Gasteiger partial charge in [0, 0.05) is 5.56 Å². The van der Waals surface area contributed by atoms with Crippen LogP contribution >= 0.6 is 23.2 Å². The maximum atomic E-state index is 12.1. The number of aliphatic hydroxyl groups excluding tert-OH is 1. The van der Waals surface area contributed by atoms with Crippen LogP contribution in [0, 0.1) is 0 Å². The fraction of sp³-hybridized carbons (Fsp3) is 0.200. The fourth-order valence-corrected chi connectivity index (χ4v) is 2.39. The predicted molar refractivity (Wildman–Crippen MR) is 82.7 cm³/mol. The lowest BCUT2D eigenvalue weighted by molar-refractivity contribution is 0.0916. The average Bonchev–Trinajstić information content (AvgIpc) is 2.46. The van der Waals surface area contributed by atoms with Gasteiger partial charge < -0.3 is 10.4 Å². The van der Waals surface area contributed by atoms with E-state index in [2.05, 4.69) is 10.3 Å². The van der Waals surface area contributed by atoms with Crippen LogP contribution in [-0.4, -0.2) is 28.6 Å². The van der Waals surface area contributed by atoms with Gasteiger partial charge in [-0.1, -0.05) is 53.5 Å². The van der Waals surface area contributed by atoms with Crippen LogP contribution in [0.1, 0.15) is 15.9 Å². The number of pyridine rings is 1. The molecule has 0 aliphatic carbocycles. The summed E-state index contributed by atoms with van der Waals surface area (Å²) in [5.41, 5.74) is 1.34. The fourth-order valence-electron chi connectivity index (χ4n) is 1.92. The first-order valence-corrected chi connectivity index (χ1v) is 7.13. The zero-order chi connectivity index (χ0) is 15.2. The zero-order valence-corrected chi connectivity index (χ0v) is 12.6. The minimum Gasteiger partial charge on any atom is -0.394 e. The minimum absolute atomic E-state index is 0.149. The second-order valence-corrected chi connectivity index (χ2v) is 5.32. The number of nitrogens with one attached hydrogen (secondary N) is 1. The van der Waals surface area contributed by atoms with Crippen molar-refractivity contribution in [3.63, 3.8) is 0 Å². The number of amides is 1. The summed E-state index contributed by atoms with van der Waals surface area (Å²) in [5.74, 6) is -0.351. The van der Waals surface area contributed by atoms with Crippen LogP contribution in [-0.2, 0) is 6.42 Å². The van der Waals surface area contributed by atoms with E-state index in [0.717, 1.165) is 5.56 Å². The largest absolute Gasteiger partial charge is 0.394 e. The van der Waals surface area contributed by atoms with Gasteiger partial charge in [0.05, 0.1) is 12.6 Å². The molecule has 0 bridgehead atoms. The zero-order valence-electron chi connectivity index (χ0n) is 11.1. The van der Waals surface area contributed by atoms with E-state index in [1.807, 2.05) is 30.3 Å². The number of hydrogen-bond donors (Lipinski definition) is 2. The first-order valence-electron chi connectivity index (χ1n) is 6.37. The Bertz CT molecular complexity index is 600. The van der Waals surface area contributed by atoms with E-state index in [-0.39, 0.29) is 28.9 Å². The molecule has 2 N–H and O–H groups in total. The number of hydrogen-bond acceptors (Lipinski definition) is 3. The molecule has 4 nitrogen and oxygen atoms in total. The summed E-state index contributed by atoms with van der Waals surface area (Å²) < 4.78 is 0. The molecule has 0 saturated carbocycles. The van der Waals surface area contributed by atoms with Crippen molar-refractivity contribution in [2.75, 3.05) is 6.61 Å². The minimum atomic E-state index is -0.384. The van der Waals surface area contributed by atoms with Crippen molar-refractivity contribution in [1.29, 1.82) is 0 Å². The maximum Gasteiger partial charge on any atom is 0.251 e. The van der Waals surface area contributed by atoms with Crippen LogP contribution in [0.2, 0.25) is 10.3 Å². The Hall–Kier alpha value is -1.62. The molecular weight excluding hydrogens is 311 g/mol. The highest BCUT2D eigenvalue weighted by atomic mass is 35.5. The Morgan fingerprint density at radius 3 is 2.38 bits per heavy atom. The molecule has 0 saturated heterocycles. The molecule has 1 unspecified atom stereocenters. The second kappa shape index (κ2) is 7.41. The molecule has 21 heavy (non-hydrogen) atoms. The van der Waals surface area contributed by atoms with Crippen LogP contribution in [0.4, 0.5) is 0 Å². The maximum absolute atomic E-state index is 12.1. The molecule has 1 atom stereocenters. The Morgan fingerprint density at radius 2 is 1.81 bits per heavy atom. The number of aromatic nitrogens is 1. The third-order valence-corrected chi connectivity index (χ3v) is 3.29. The Labute approximate surface area is 132 Å². The molecule has 0 spiro atoms. The number of rotatable bonds is 5. The molecule has 110 valence electrons. The van der Waals surface area contributed by atoms with Crippen molar-refractivity contribution in [2.24, 2.45) is 0 Å². The summed E-state index contributed by atoms with van der Waals surface area (Å²) in [6.45, 7) is -0.160. The van der Waals surface area contributed by atoms with Crippen LogP contribution in [0.15, 0.2) is 42.5 Å². The predicted octanol–water partition coefficient (Wildman–Crippen LogP) is 2.72. The van der Waals surface area contributed by atoms with Crippen LogP contribution < -0.4 is 5.32 Å². The molecule has 2 aromatic rings. The Morgan fingerprint density at radius 1 is 1.19 bits per heavy atom. The number of aliphatic hydroxyl groups is 1. The molecule has 1 aromatic heterocycles. The summed E-state index contributed by atoms with van der Waals surface area (Å²) in [5, 5.41) is 12.5. The summed E-state index contributed by atoms with van der Waals surface area (Å²) in [4.78, 5) is 15.9. The van der Waals surface area contributed by atoms with Gasteiger partial charge >= 0.3 is 0 Å². The average molecular weight is 325 g/mol. The van der Waals surface area contributed by atoms with E-state index in [1.54, 1.807) is 0 Å². The van der Waals surface area contributed by atoms with E-state index in [9.17, 15) is 9.90 Å². The number of nitrogens with zero attached hydrogens (tertiary/aromatic N) is 1. The highest BCUT2D eigenvalue weighted by Gasteiger charge is 2.15. The van der Waals surface area contributed by atoms with E-state index < -0.39 is 0 Å². The van der Waals surface area contributed by atoms with Gasteiger partial charge in [-0.3, -0.25) is 4.79 Å². The lowest BCUT2D eigenvalue weighted by Crippen LogP contribution is -2.39. The molecule has 6 heteroatoms. The van der Waals surface area contributed by atoms with E-state index in [1.165, 1.54) is 12.1 Å². The van der Waals surface area contributed by atoms with Gasteiger partial charge in [0.25, 0.3) is 5.91 Å². The van der Waals surface area contributed by atoms with Gasteiger partial charge in [0.1, 0.15) is 10.3 Å². The van der Waals surface area contributed by atoms with Crippen molar-refractivity contribution in [2.45, 2.75) is 12.5 Å². The standard InChI is InChI=1S/C15H14Cl2N2O2/c16-13-7-11(8-14(17)19-13)15(21)18-12(9-20)6-10-4-2-1-3-5-10/h1-5,7-8,12,20H,6,9H2,(H,18,21). The summed E-state index contributed by atoms with van der Waals surface area (Å²) in [6, 6.07) is 12.1. The molecular formula is C15H14Cl2N2O2. The van der Waals surface area contributed by atoms with Crippen molar-refractivity contribution >= 4 is 29.1 Å². The smallest absolute Gasteiger partial charge is 0.251 e. The normalized spacial score (nSPS) is 12.0. The van der Waals surface area contributed by atoms with Crippen molar-refractivity contribution in [3.8, 4) is 0 Å². The second-order valence-electron chi connectivity index (χ2n) is 4.54. The molecule has 0 radical (unpaired) electrons. The molecule has 2 rings (SSSR count). The first-order chi connectivity index (χ1) is 10.1. The lowest BCUT2D eigenvalue weighted by atomic mass is 10.1. The van der Waals surface area contributed by atoms with Gasteiger partial charge in [0.15, 0.2) is 0 Å². The van der Waals surface area contributed by atoms with E-state index in [0.29, 0.717) is 12.0 Å². The van der Waals surface area contributed by atoms with Gasteiger partial charge in [-0.2, -0.15) is 0 Å². The van der Waals surface area contributed by atoms with Gasteiger partial charge in [0.2, 0.25) is 0 Å². The van der Waals surface area contributed by atoms with Crippen molar-refractivity contribution in [3.05, 3.63) is 63.9 Å². The monoisotopic (exact) mass is 324 g/mol. The molecule has 1 aromatic carbocycles. The highest BCUT2D eigenvalue weighted by molar-refractivity contribution is 6.33. The lowest BCUT2D eigenvalue weighted by Gasteiger charge is -2.16. The SMILES string of the molecule is O=C(NC(CO)Cc1ccccc1)c1cc(Cl)nc(Cl)c1. The van der Waals surface area contributed by atoms with E-state index >= 15 is 0 Å². The quantitative estimate of drug-likeness (QED) is 0.831. The number of halogens is 2. The van der Waals surface area contributed by atoms with Crippen LogP contribution in [0.3, 0.4) is 0 Å². The van der Waals surface area contributed by atoms with Gasteiger partial charge in [-0.25, -0.2) is 4.98 Å². The van der Waals surface area contributed by atoms with Gasteiger partial charge in [-0.05, 0) is 24.1 Å². The highest BCUT2D eigenvalue weighted by Crippen LogP contribution is 2.15. The number of carbonyl (C=O) groups excluding carboxylic acids is 1. The molecule has 1 amide bonds. The molecule has 0 fully saturated rings. The van der Waals surface area contributed by atoms with Crippen molar-refractivity contribution < 1.29 is 9.90 Å². The summed E-state index contributed by atoms with van der Waals surface area (Å²) >= 11 is 11.5. The van der Waals surface area contributed by atoms with Crippen LogP contribution in [0.5, 0.6) is 0 Å². The number of benzene rings is 1. The summed E-state index contributed by atoms with van der Waals surface area (Å²) in [7, 11) is 0. The third-order valence-electron chi connectivity index (χ3n) is 2.91. The third kappa shape index (κ3) is 4.70. The van der Waals surface area contributed by atoms with E-state index in [4.69, 9.17) is 23.2 Å². The summed E-state index contributed by atoms with van der Waals surface area (Å²) in [6.07, 6.45) is 0.537. The number of carbonyl (C=O) groups is 1. The molecule has 0 aliphatic rings. The Kier molecular flexibility index (Phi) is 5.56. The van der Waals surface area contributed by atoms with Crippen LogP contribution in [0.25, 0.3) is 0 Å². The first kappa shape index (κ1) is 15.8. The topological polar surface area (TPSA) is 62.2 Å². The van der Waals surface area contributed by atoms with Crippen molar-refractivity contribution in [1.82, 2.24) is 10.3 Å². The molecule has 0 aliphatic heterocycles. The van der Waals surface area contributed by atoms with Gasteiger partial charge in [-0.15, -0.1) is 0 Å².